The highest BCUT2D eigenvalue weighted by Crippen LogP contribution is 2.34. The molecule has 8 heteroatoms. The fraction of sp³-hybridized carbons (Fsp3) is 0.471. The highest BCUT2D eigenvalue weighted by molar-refractivity contribution is 6.31. The number of nitrogens with zero attached hydrogens (tertiary/aromatic N) is 2. The highest BCUT2D eigenvalue weighted by atomic mass is 35.5. The molecule has 0 spiro atoms. The lowest BCUT2D eigenvalue weighted by Gasteiger charge is -2.33. The number of hydrogen-bond donors (Lipinski definition) is 1. The minimum absolute atomic E-state index is 0.0121. The summed E-state index contributed by atoms with van der Waals surface area (Å²) in [5.41, 5.74) is 0.505. The predicted octanol–water partition coefficient (Wildman–Crippen LogP) is 1.19. The second-order valence-corrected chi connectivity index (χ2v) is 6.66. The van der Waals surface area contributed by atoms with Gasteiger partial charge in [-0.15, -0.1) is 0 Å². The maximum Gasteiger partial charge on any atom is 0.265 e. The molecule has 1 fully saturated rings. The average Bonchev–Trinajstić information content (AvgIpc) is 2.58. The SMILES string of the molecule is CC(=O)N1CCC(NC(=O)CN2C(=O)COc3ccc(Cl)cc32)CC1. The Morgan fingerprint density at radius 1 is 1.32 bits per heavy atom. The van der Waals surface area contributed by atoms with E-state index >= 15 is 0 Å². The standard InChI is InChI=1S/C17H20ClN3O4/c1-11(22)20-6-4-13(5-7-20)19-16(23)9-21-14-8-12(18)2-3-15(14)25-10-17(21)24/h2-3,8,13H,4-7,9-10H2,1H3,(H,19,23). The van der Waals surface area contributed by atoms with Crippen molar-refractivity contribution in [2.75, 3.05) is 31.1 Å². The molecule has 0 unspecified atom stereocenters. The van der Waals surface area contributed by atoms with E-state index in [2.05, 4.69) is 5.32 Å². The van der Waals surface area contributed by atoms with Crippen molar-refractivity contribution in [3.63, 3.8) is 0 Å². The average molecular weight is 366 g/mol. The van der Waals surface area contributed by atoms with E-state index in [9.17, 15) is 14.4 Å². The van der Waals surface area contributed by atoms with Crippen LogP contribution in [0.3, 0.4) is 0 Å². The van der Waals surface area contributed by atoms with Crippen molar-refractivity contribution in [3.8, 4) is 5.75 Å². The number of piperidine rings is 1. The van der Waals surface area contributed by atoms with Gasteiger partial charge in [-0.1, -0.05) is 11.6 Å². The lowest BCUT2D eigenvalue weighted by Crippen LogP contribution is -2.50. The molecule has 0 saturated carbocycles. The summed E-state index contributed by atoms with van der Waals surface area (Å²) >= 11 is 5.99. The van der Waals surface area contributed by atoms with E-state index in [-0.39, 0.29) is 36.9 Å². The third-order valence-corrected chi connectivity index (χ3v) is 4.71. The van der Waals surface area contributed by atoms with Gasteiger partial charge in [-0.3, -0.25) is 19.3 Å². The second kappa shape index (κ2) is 7.31. The fourth-order valence-corrected chi connectivity index (χ4v) is 3.27. The van der Waals surface area contributed by atoms with Gasteiger partial charge in [-0.2, -0.15) is 0 Å². The Kier molecular flexibility index (Phi) is 5.13. The van der Waals surface area contributed by atoms with Gasteiger partial charge < -0.3 is 15.0 Å². The van der Waals surface area contributed by atoms with Crippen LogP contribution in [0.25, 0.3) is 0 Å². The van der Waals surface area contributed by atoms with Crippen LogP contribution in [0.4, 0.5) is 5.69 Å². The van der Waals surface area contributed by atoms with Gasteiger partial charge in [0.1, 0.15) is 12.3 Å². The van der Waals surface area contributed by atoms with Gasteiger partial charge in [0.15, 0.2) is 6.61 Å². The van der Waals surface area contributed by atoms with Gasteiger partial charge in [0.05, 0.1) is 5.69 Å². The molecule has 1 N–H and O–H groups in total. The number of fused-ring (bicyclic) bond motifs is 1. The van der Waals surface area contributed by atoms with Crippen molar-refractivity contribution < 1.29 is 19.1 Å². The largest absolute Gasteiger partial charge is 0.482 e. The Morgan fingerprint density at radius 3 is 2.72 bits per heavy atom. The maximum absolute atomic E-state index is 12.4. The molecule has 3 amide bonds. The van der Waals surface area contributed by atoms with Crippen LogP contribution >= 0.6 is 11.6 Å². The Morgan fingerprint density at radius 2 is 2.04 bits per heavy atom. The summed E-state index contributed by atoms with van der Waals surface area (Å²) in [6, 6.07) is 4.99. The first-order valence-corrected chi connectivity index (χ1v) is 8.59. The molecule has 0 radical (unpaired) electrons. The smallest absolute Gasteiger partial charge is 0.265 e. The van der Waals surface area contributed by atoms with E-state index in [1.807, 2.05) is 0 Å². The molecule has 7 nitrogen and oxygen atoms in total. The quantitative estimate of drug-likeness (QED) is 0.872. The number of carbonyl (C=O) groups excluding carboxylic acids is 3. The van der Waals surface area contributed by atoms with Crippen molar-refractivity contribution in [1.29, 1.82) is 0 Å². The van der Waals surface area contributed by atoms with Crippen LogP contribution in [0.2, 0.25) is 5.02 Å². The molecule has 2 aliphatic rings. The van der Waals surface area contributed by atoms with Gasteiger partial charge in [0.2, 0.25) is 11.8 Å². The van der Waals surface area contributed by atoms with E-state index in [4.69, 9.17) is 16.3 Å². The summed E-state index contributed by atoms with van der Waals surface area (Å²) in [5, 5.41) is 3.42. The van der Waals surface area contributed by atoms with Crippen LogP contribution < -0.4 is 15.0 Å². The Balaban J connectivity index is 1.61. The van der Waals surface area contributed by atoms with E-state index in [0.29, 0.717) is 42.4 Å². The van der Waals surface area contributed by atoms with E-state index in [0.717, 1.165) is 0 Å². The number of carbonyl (C=O) groups is 3. The molecule has 0 atom stereocenters. The Labute approximate surface area is 150 Å². The molecule has 0 aromatic heterocycles. The molecule has 2 aliphatic heterocycles. The number of hydrogen-bond acceptors (Lipinski definition) is 4. The maximum atomic E-state index is 12.4. The number of halogens is 1. The molecule has 0 aliphatic carbocycles. The third kappa shape index (κ3) is 4.04. The zero-order chi connectivity index (χ0) is 18.0. The molecular weight excluding hydrogens is 346 g/mol. The van der Waals surface area contributed by atoms with Crippen molar-refractivity contribution in [2.45, 2.75) is 25.8 Å². The van der Waals surface area contributed by atoms with Crippen molar-refractivity contribution in [2.24, 2.45) is 0 Å². The van der Waals surface area contributed by atoms with E-state index in [1.54, 1.807) is 30.0 Å². The predicted molar refractivity (Wildman–Crippen MR) is 92.7 cm³/mol. The lowest BCUT2D eigenvalue weighted by atomic mass is 10.0. The number of anilines is 1. The minimum atomic E-state index is -0.281. The number of rotatable bonds is 3. The lowest BCUT2D eigenvalue weighted by molar-refractivity contribution is -0.130. The summed E-state index contributed by atoms with van der Waals surface area (Å²) in [7, 11) is 0. The third-order valence-electron chi connectivity index (χ3n) is 4.47. The van der Waals surface area contributed by atoms with Crippen molar-refractivity contribution in [3.05, 3.63) is 23.2 Å². The van der Waals surface area contributed by atoms with Gasteiger partial charge >= 0.3 is 0 Å². The normalized spacial score (nSPS) is 17.8. The molecule has 1 aromatic rings. The summed E-state index contributed by atoms with van der Waals surface area (Å²) < 4.78 is 5.37. The van der Waals surface area contributed by atoms with Gasteiger partial charge in [0, 0.05) is 31.1 Å². The summed E-state index contributed by atoms with van der Waals surface area (Å²) in [6.45, 7) is 2.64. The van der Waals surface area contributed by atoms with Gasteiger partial charge in [0.25, 0.3) is 5.91 Å². The first kappa shape index (κ1) is 17.5. The zero-order valence-electron chi connectivity index (χ0n) is 14.0. The molecule has 1 aromatic carbocycles. The van der Waals surface area contributed by atoms with Crippen molar-refractivity contribution in [1.82, 2.24) is 10.2 Å². The molecule has 134 valence electrons. The summed E-state index contributed by atoms with van der Waals surface area (Å²) in [6.07, 6.45) is 1.43. The number of benzene rings is 1. The van der Waals surface area contributed by atoms with E-state index in [1.165, 1.54) is 4.90 Å². The first-order valence-electron chi connectivity index (χ1n) is 8.21. The van der Waals surface area contributed by atoms with Crippen LogP contribution in [-0.4, -0.2) is 54.9 Å². The van der Waals surface area contributed by atoms with Gasteiger partial charge in [-0.25, -0.2) is 0 Å². The summed E-state index contributed by atoms with van der Waals surface area (Å²) in [4.78, 5) is 39.0. The topological polar surface area (TPSA) is 79.0 Å². The first-order chi connectivity index (χ1) is 11.9. The van der Waals surface area contributed by atoms with Crippen LogP contribution in [-0.2, 0) is 14.4 Å². The highest BCUT2D eigenvalue weighted by Gasteiger charge is 2.29. The minimum Gasteiger partial charge on any atom is -0.482 e. The number of amides is 3. The monoisotopic (exact) mass is 365 g/mol. The Bertz CT molecular complexity index is 701. The van der Waals surface area contributed by atoms with Crippen molar-refractivity contribution >= 4 is 35.0 Å². The molecule has 25 heavy (non-hydrogen) atoms. The van der Waals surface area contributed by atoms with Crippen LogP contribution in [0.1, 0.15) is 19.8 Å². The number of likely N-dealkylation sites (tertiary alicyclic amines) is 1. The summed E-state index contributed by atoms with van der Waals surface area (Å²) in [5.74, 6) is 0.0718. The fourth-order valence-electron chi connectivity index (χ4n) is 3.10. The zero-order valence-corrected chi connectivity index (χ0v) is 14.7. The Hall–Kier alpha value is -2.28. The van der Waals surface area contributed by atoms with Crippen LogP contribution in [0.15, 0.2) is 18.2 Å². The molecule has 2 heterocycles. The molecular formula is C17H20ClN3O4. The molecule has 3 rings (SSSR count). The van der Waals surface area contributed by atoms with Gasteiger partial charge in [-0.05, 0) is 31.0 Å². The molecule has 0 bridgehead atoms. The number of ether oxygens (including phenoxy) is 1. The van der Waals surface area contributed by atoms with E-state index < -0.39 is 0 Å². The second-order valence-electron chi connectivity index (χ2n) is 6.23. The molecule has 1 saturated heterocycles. The van der Waals surface area contributed by atoms with Crippen LogP contribution in [0, 0.1) is 0 Å². The number of nitrogens with one attached hydrogen (secondary N) is 1. The van der Waals surface area contributed by atoms with Crippen LogP contribution in [0.5, 0.6) is 5.75 Å².